The fourth-order valence-electron chi connectivity index (χ4n) is 2.56. The monoisotopic (exact) mass is 377 g/mol. The molecule has 0 aliphatic heterocycles. The van der Waals surface area contributed by atoms with Crippen LogP contribution in [0.1, 0.15) is 5.56 Å². The summed E-state index contributed by atoms with van der Waals surface area (Å²) in [6.45, 7) is 0.692. The van der Waals surface area contributed by atoms with Crippen molar-refractivity contribution in [2.24, 2.45) is 0 Å². The predicted octanol–water partition coefficient (Wildman–Crippen LogP) is 4.76. The SMILES string of the molecule is N#Cc1ccc(-c2cccs2)nc1NCCSc1nc2ccccc2[nH]1. The Balaban J connectivity index is 1.41. The first-order valence-electron chi connectivity index (χ1n) is 8.10. The van der Waals surface area contributed by atoms with Crippen LogP contribution in [0.15, 0.2) is 59.1 Å². The Hall–Kier alpha value is -2.82. The second kappa shape index (κ2) is 7.60. The summed E-state index contributed by atoms with van der Waals surface area (Å²) in [5, 5.41) is 15.5. The van der Waals surface area contributed by atoms with Gasteiger partial charge in [-0.15, -0.1) is 11.3 Å². The van der Waals surface area contributed by atoms with E-state index in [0.29, 0.717) is 17.9 Å². The molecule has 0 saturated heterocycles. The number of aromatic amines is 1. The lowest BCUT2D eigenvalue weighted by molar-refractivity contribution is 1.07. The Morgan fingerprint density at radius 1 is 1.12 bits per heavy atom. The molecule has 26 heavy (non-hydrogen) atoms. The van der Waals surface area contributed by atoms with Crippen molar-refractivity contribution in [1.82, 2.24) is 15.0 Å². The highest BCUT2D eigenvalue weighted by Crippen LogP contribution is 2.25. The lowest BCUT2D eigenvalue weighted by atomic mass is 10.2. The van der Waals surface area contributed by atoms with Gasteiger partial charge in [0.25, 0.3) is 0 Å². The summed E-state index contributed by atoms with van der Waals surface area (Å²) < 4.78 is 0. The quantitative estimate of drug-likeness (QED) is 0.374. The summed E-state index contributed by atoms with van der Waals surface area (Å²) in [6.07, 6.45) is 0. The van der Waals surface area contributed by atoms with Gasteiger partial charge in [-0.25, -0.2) is 9.97 Å². The molecule has 0 saturated carbocycles. The van der Waals surface area contributed by atoms with Gasteiger partial charge in [0, 0.05) is 12.3 Å². The molecule has 0 amide bonds. The van der Waals surface area contributed by atoms with Crippen molar-refractivity contribution in [3.8, 4) is 16.6 Å². The summed E-state index contributed by atoms with van der Waals surface area (Å²) in [6, 6.07) is 17.9. The molecule has 128 valence electrons. The van der Waals surface area contributed by atoms with E-state index in [1.807, 2.05) is 53.9 Å². The van der Waals surface area contributed by atoms with Crippen LogP contribution in [0.5, 0.6) is 0 Å². The zero-order valence-corrected chi connectivity index (χ0v) is 15.4. The Morgan fingerprint density at radius 3 is 2.85 bits per heavy atom. The summed E-state index contributed by atoms with van der Waals surface area (Å²) in [7, 11) is 0. The van der Waals surface area contributed by atoms with Crippen molar-refractivity contribution in [1.29, 1.82) is 5.26 Å². The van der Waals surface area contributed by atoms with Crippen LogP contribution in [0.25, 0.3) is 21.6 Å². The summed E-state index contributed by atoms with van der Waals surface area (Å²) in [5.74, 6) is 1.44. The molecule has 4 rings (SSSR count). The van der Waals surface area contributed by atoms with E-state index in [9.17, 15) is 5.26 Å². The molecule has 3 heterocycles. The molecular weight excluding hydrogens is 362 g/mol. The van der Waals surface area contributed by atoms with Crippen LogP contribution in [0.2, 0.25) is 0 Å². The zero-order valence-electron chi connectivity index (χ0n) is 13.8. The van der Waals surface area contributed by atoms with Gasteiger partial charge in [0.15, 0.2) is 5.16 Å². The molecule has 5 nitrogen and oxygen atoms in total. The highest BCUT2D eigenvalue weighted by atomic mass is 32.2. The number of nitrogens with one attached hydrogen (secondary N) is 2. The van der Waals surface area contributed by atoms with E-state index in [1.54, 1.807) is 23.1 Å². The van der Waals surface area contributed by atoms with Crippen LogP contribution in [0, 0.1) is 11.3 Å². The second-order valence-electron chi connectivity index (χ2n) is 5.52. The minimum absolute atomic E-state index is 0.555. The van der Waals surface area contributed by atoms with Gasteiger partial charge in [0.05, 0.1) is 27.2 Å². The first-order valence-corrected chi connectivity index (χ1v) is 9.96. The Labute approximate surface area is 159 Å². The van der Waals surface area contributed by atoms with Crippen molar-refractivity contribution >= 4 is 39.9 Å². The second-order valence-corrected chi connectivity index (χ2v) is 7.55. The van der Waals surface area contributed by atoms with E-state index in [-0.39, 0.29) is 0 Å². The van der Waals surface area contributed by atoms with Crippen LogP contribution in [-0.2, 0) is 0 Å². The van der Waals surface area contributed by atoms with Gasteiger partial charge in [-0.05, 0) is 35.7 Å². The molecule has 0 aliphatic rings. The predicted molar refractivity (Wildman–Crippen MR) is 108 cm³/mol. The number of benzene rings is 1. The van der Waals surface area contributed by atoms with Crippen molar-refractivity contribution in [3.63, 3.8) is 0 Å². The summed E-state index contributed by atoms with van der Waals surface area (Å²) in [4.78, 5) is 13.6. The Morgan fingerprint density at radius 2 is 2.04 bits per heavy atom. The van der Waals surface area contributed by atoms with Gasteiger partial charge >= 0.3 is 0 Å². The number of aromatic nitrogens is 3. The number of nitriles is 1. The van der Waals surface area contributed by atoms with Crippen molar-refractivity contribution < 1.29 is 0 Å². The van der Waals surface area contributed by atoms with E-state index in [2.05, 4.69) is 26.3 Å². The van der Waals surface area contributed by atoms with Crippen molar-refractivity contribution in [2.75, 3.05) is 17.6 Å². The molecule has 7 heteroatoms. The fourth-order valence-corrected chi connectivity index (χ4v) is 4.00. The number of hydrogen-bond acceptors (Lipinski definition) is 6. The average Bonchev–Trinajstić information content (AvgIpc) is 3.34. The molecule has 0 bridgehead atoms. The lowest BCUT2D eigenvalue weighted by Crippen LogP contribution is -2.08. The van der Waals surface area contributed by atoms with Gasteiger partial charge in [-0.3, -0.25) is 0 Å². The number of thioether (sulfide) groups is 1. The van der Waals surface area contributed by atoms with Crippen LogP contribution >= 0.6 is 23.1 Å². The molecule has 3 aromatic heterocycles. The number of anilines is 1. The third-order valence-corrected chi connectivity index (χ3v) is 5.56. The molecule has 0 radical (unpaired) electrons. The van der Waals surface area contributed by atoms with Crippen molar-refractivity contribution in [3.05, 3.63) is 59.5 Å². The third kappa shape index (κ3) is 3.57. The van der Waals surface area contributed by atoms with Crippen molar-refractivity contribution in [2.45, 2.75) is 5.16 Å². The lowest BCUT2D eigenvalue weighted by Gasteiger charge is -2.08. The number of pyridine rings is 1. The zero-order chi connectivity index (χ0) is 17.8. The highest BCUT2D eigenvalue weighted by molar-refractivity contribution is 7.99. The van der Waals surface area contributed by atoms with Crippen LogP contribution < -0.4 is 5.32 Å². The molecular formula is C19H15N5S2. The Bertz CT molecular complexity index is 1030. The van der Waals surface area contributed by atoms with E-state index >= 15 is 0 Å². The first kappa shape index (κ1) is 16.6. The number of para-hydroxylation sites is 2. The molecule has 0 aliphatic carbocycles. The molecule has 4 aromatic rings. The van der Waals surface area contributed by atoms with Crippen LogP contribution in [0.4, 0.5) is 5.82 Å². The van der Waals surface area contributed by atoms with E-state index in [4.69, 9.17) is 0 Å². The minimum atomic E-state index is 0.555. The maximum absolute atomic E-state index is 9.31. The standard InChI is InChI=1S/C19H15N5S2/c20-12-13-7-8-16(17-6-3-10-25-17)22-18(13)21-9-11-26-19-23-14-4-1-2-5-15(14)24-19/h1-8,10H,9,11H2,(H,21,22)(H,23,24). The Kier molecular flexibility index (Phi) is 4.86. The van der Waals surface area contributed by atoms with E-state index < -0.39 is 0 Å². The first-order chi connectivity index (χ1) is 12.8. The number of rotatable bonds is 6. The number of nitrogens with zero attached hydrogens (tertiary/aromatic N) is 3. The number of imidazole rings is 1. The summed E-state index contributed by atoms with van der Waals surface area (Å²) >= 11 is 3.28. The number of thiophene rings is 1. The minimum Gasteiger partial charge on any atom is -0.368 e. The largest absolute Gasteiger partial charge is 0.368 e. The number of H-pyrrole nitrogens is 1. The van der Waals surface area contributed by atoms with Gasteiger partial charge in [-0.1, -0.05) is 30.0 Å². The van der Waals surface area contributed by atoms with E-state index in [1.165, 1.54) is 0 Å². The van der Waals surface area contributed by atoms with Gasteiger partial charge in [0.2, 0.25) is 0 Å². The van der Waals surface area contributed by atoms with Gasteiger partial charge in [-0.2, -0.15) is 5.26 Å². The van der Waals surface area contributed by atoms with Gasteiger partial charge < -0.3 is 10.3 Å². The molecule has 0 spiro atoms. The highest BCUT2D eigenvalue weighted by Gasteiger charge is 2.08. The molecule has 0 atom stereocenters. The summed E-state index contributed by atoms with van der Waals surface area (Å²) in [5.41, 5.74) is 3.45. The van der Waals surface area contributed by atoms with Crippen LogP contribution in [-0.4, -0.2) is 27.2 Å². The molecule has 2 N–H and O–H groups in total. The topological polar surface area (TPSA) is 77.4 Å². The fraction of sp³-hybridized carbons (Fsp3) is 0.105. The molecule has 0 fully saturated rings. The average molecular weight is 377 g/mol. The molecule has 1 aromatic carbocycles. The van der Waals surface area contributed by atoms with E-state index in [0.717, 1.165) is 32.5 Å². The maximum atomic E-state index is 9.31. The number of fused-ring (bicyclic) bond motifs is 1. The van der Waals surface area contributed by atoms with Gasteiger partial charge in [0.1, 0.15) is 11.9 Å². The smallest absolute Gasteiger partial charge is 0.166 e. The molecule has 0 unspecified atom stereocenters. The number of hydrogen-bond donors (Lipinski definition) is 2. The third-order valence-electron chi connectivity index (χ3n) is 3.79. The van der Waals surface area contributed by atoms with Crippen LogP contribution in [0.3, 0.4) is 0 Å². The normalized spacial score (nSPS) is 10.7. The maximum Gasteiger partial charge on any atom is 0.166 e.